The van der Waals surface area contributed by atoms with Crippen molar-refractivity contribution in [3.63, 3.8) is 0 Å². The lowest BCUT2D eigenvalue weighted by Crippen LogP contribution is -2.10. The maximum Gasteiger partial charge on any atom is 0.338 e. The Labute approximate surface area is 186 Å². The number of fused-ring (bicyclic) bond motifs is 1. The zero-order chi connectivity index (χ0) is 22.9. The van der Waals surface area contributed by atoms with Gasteiger partial charge >= 0.3 is 5.97 Å². The molecule has 166 valence electrons. The number of unbranched alkanes of at least 4 members (excludes halogenated alkanes) is 1. The SMILES string of the molecule is CCCCOc1ccc(C(=O)OC/C(O)=C(\C#N)c2nc3ccccc3[nH]2)cc1OCC. The van der Waals surface area contributed by atoms with Gasteiger partial charge in [0.15, 0.2) is 23.1 Å². The zero-order valence-corrected chi connectivity index (χ0v) is 18.1. The lowest BCUT2D eigenvalue weighted by atomic mass is 10.2. The van der Waals surface area contributed by atoms with Crippen molar-refractivity contribution in [3.05, 3.63) is 59.6 Å². The van der Waals surface area contributed by atoms with E-state index in [0.717, 1.165) is 18.4 Å². The number of aliphatic hydroxyl groups is 1. The summed E-state index contributed by atoms with van der Waals surface area (Å²) in [5.74, 6) is 0.132. The summed E-state index contributed by atoms with van der Waals surface area (Å²) in [5, 5.41) is 19.8. The van der Waals surface area contributed by atoms with E-state index in [-0.39, 0.29) is 17.0 Å². The Balaban J connectivity index is 1.73. The number of imidazole rings is 1. The molecule has 0 aliphatic heterocycles. The van der Waals surface area contributed by atoms with Crippen LogP contribution in [0.3, 0.4) is 0 Å². The van der Waals surface area contributed by atoms with E-state index in [1.54, 1.807) is 24.3 Å². The number of carbonyl (C=O) groups is 1. The van der Waals surface area contributed by atoms with E-state index in [9.17, 15) is 15.2 Å². The van der Waals surface area contributed by atoms with Crippen molar-refractivity contribution in [2.24, 2.45) is 0 Å². The number of nitrogens with one attached hydrogen (secondary N) is 1. The van der Waals surface area contributed by atoms with Crippen molar-refractivity contribution in [3.8, 4) is 17.6 Å². The van der Waals surface area contributed by atoms with Gasteiger partial charge in [0.2, 0.25) is 0 Å². The number of H-pyrrole nitrogens is 1. The number of aromatic nitrogens is 2. The Morgan fingerprint density at radius 3 is 2.69 bits per heavy atom. The number of hydrogen-bond acceptors (Lipinski definition) is 7. The van der Waals surface area contributed by atoms with Crippen LogP contribution in [0.25, 0.3) is 16.6 Å². The van der Waals surface area contributed by atoms with Gasteiger partial charge in [-0.3, -0.25) is 0 Å². The van der Waals surface area contributed by atoms with Crippen molar-refractivity contribution in [1.29, 1.82) is 5.26 Å². The number of para-hydroxylation sites is 2. The molecule has 1 heterocycles. The van der Waals surface area contributed by atoms with E-state index >= 15 is 0 Å². The highest BCUT2D eigenvalue weighted by molar-refractivity contribution is 5.90. The molecule has 0 bridgehead atoms. The lowest BCUT2D eigenvalue weighted by molar-refractivity contribution is 0.0502. The summed E-state index contributed by atoms with van der Waals surface area (Å²) in [5.41, 5.74) is 1.53. The Morgan fingerprint density at radius 2 is 1.97 bits per heavy atom. The number of nitrogens with zero attached hydrogens (tertiary/aromatic N) is 2. The third-order valence-electron chi connectivity index (χ3n) is 4.60. The van der Waals surface area contributed by atoms with Crippen LogP contribution in [-0.2, 0) is 4.74 Å². The molecule has 0 aliphatic carbocycles. The second kappa shape index (κ2) is 10.9. The quantitative estimate of drug-likeness (QED) is 0.203. The molecule has 3 aromatic rings. The van der Waals surface area contributed by atoms with Gasteiger partial charge in [-0.25, -0.2) is 9.78 Å². The van der Waals surface area contributed by atoms with Crippen LogP contribution in [0.15, 0.2) is 48.2 Å². The van der Waals surface area contributed by atoms with E-state index in [2.05, 4.69) is 16.9 Å². The van der Waals surface area contributed by atoms with Crippen LogP contribution in [0.5, 0.6) is 11.5 Å². The molecule has 2 aromatic carbocycles. The number of hydrogen-bond donors (Lipinski definition) is 2. The average molecular weight is 435 g/mol. The predicted molar refractivity (Wildman–Crippen MR) is 120 cm³/mol. The Kier molecular flexibility index (Phi) is 7.70. The molecule has 0 fully saturated rings. The van der Waals surface area contributed by atoms with E-state index < -0.39 is 18.3 Å². The predicted octanol–water partition coefficient (Wildman–Crippen LogP) is 4.79. The molecule has 3 rings (SSSR count). The lowest BCUT2D eigenvalue weighted by Gasteiger charge is -2.13. The van der Waals surface area contributed by atoms with Crippen LogP contribution in [0.2, 0.25) is 0 Å². The number of aromatic amines is 1. The minimum absolute atomic E-state index is 0.0938. The molecule has 8 nitrogen and oxygen atoms in total. The second-order valence-electron chi connectivity index (χ2n) is 6.91. The van der Waals surface area contributed by atoms with Crippen molar-refractivity contribution in [2.75, 3.05) is 19.8 Å². The number of aliphatic hydroxyl groups excluding tert-OH is 1. The normalized spacial score (nSPS) is 11.5. The van der Waals surface area contributed by atoms with E-state index in [1.165, 1.54) is 0 Å². The second-order valence-corrected chi connectivity index (χ2v) is 6.91. The number of nitriles is 1. The van der Waals surface area contributed by atoms with Crippen LogP contribution in [0.1, 0.15) is 42.9 Å². The van der Waals surface area contributed by atoms with Crippen molar-refractivity contribution < 1.29 is 24.1 Å². The molecule has 32 heavy (non-hydrogen) atoms. The first kappa shape index (κ1) is 22.7. The van der Waals surface area contributed by atoms with Gasteiger partial charge in [0.05, 0.1) is 29.8 Å². The Hall–Kier alpha value is -3.99. The molecule has 0 aliphatic rings. The summed E-state index contributed by atoms with van der Waals surface area (Å²) in [6.07, 6.45) is 1.91. The molecule has 8 heteroatoms. The maximum absolute atomic E-state index is 12.5. The molecule has 0 unspecified atom stereocenters. The summed E-state index contributed by atoms with van der Waals surface area (Å²) in [6.45, 7) is 4.40. The number of benzene rings is 2. The number of esters is 1. The summed E-state index contributed by atoms with van der Waals surface area (Å²) < 4.78 is 16.5. The Morgan fingerprint density at radius 1 is 1.16 bits per heavy atom. The number of rotatable bonds is 10. The van der Waals surface area contributed by atoms with Crippen molar-refractivity contribution >= 4 is 22.6 Å². The van der Waals surface area contributed by atoms with Crippen LogP contribution < -0.4 is 9.47 Å². The van der Waals surface area contributed by atoms with Gasteiger partial charge in [-0.2, -0.15) is 5.26 Å². The fraction of sp³-hybridized carbons (Fsp3) is 0.292. The van der Waals surface area contributed by atoms with Gasteiger partial charge in [-0.1, -0.05) is 25.5 Å². The van der Waals surface area contributed by atoms with Crippen LogP contribution in [0.4, 0.5) is 0 Å². The van der Waals surface area contributed by atoms with Crippen molar-refractivity contribution in [2.45, 2.75) is 26.7 Å². The van der Waals surface area contributed by atoms with Crippen LogP contribution >= 0.6 is 0 Å². The van der Waals surface area contributed by atoms with Crippen molar-refractivity contribution in [1.82, 2.24) is 9.97 Å². The smallest absolute Gasteiger partial charge is 0.338 e. The summed E-state index contributed by atoms with van der Waals surface area (Å²) in [6, 6.07) is 13.9. The highest BCUT2D eigenvalue weighted by Gasteiger charge is 2.17. The minimum atomic E-state index is -0.667. The van der Waals surface area contributed by atoms with E-state index in [1.807, 2.05) is 31.2 Å². The van der Waals surface area contributed by atoms with Gasteiger partial charge < -0.3 is 24.3 Å². The third-order valence-corrected chi connectivity index (χ3v) is 4.60. The number of carbonyl (C=O) groups excluding carboxylic acids is 1. The molecule has 0 amide bonds. The van der Waals surface area contributed by atoms with E-state index in [4.69, 9.17) is 14.2 Å². The highest BCUT2D eigenvalue weighted by atomic mass is 16.5. The zero-order valence-electron chi connectivity index (χ0n) is 18.1. The molecular weight excluding hydrogens is 410 g/mol. The van der Waals surface area contributed by atoms with Crippen LogP contribution in [-0.4, -0.2) is 40.9 Å². The molecule has 2 N–H and O–H groups in total. The highest BCUT2D eigenvalue weighted by Crippen LogP contribution is 2.29. The fourth-order valence-electron chi connectivity index (χ4n) is 2.96. The largest absolute Gasteiger partial charge is 0.507 e. The van der Waals surface area contributed by atoms with Gasteiger partial charge in [0, 0.05) is 0 Å². The number of allylic oxidation sites excluding steroid dienone is 1. The molecule has 1 aromatic heterocycles. The molecule has 0 atom stereocenters. The first-order valence-electron chi connectivity index (χ1n) is 10.4. The molecule has 0 radical (unpaired) electrons. The van der Waals surface area contributed by atoms with Gasteiger partial charge in [0.25, 0.3) is 0 Å². The minimum Gasteiger partial charge on any atom is -0.507 e. The standard InChI is InChI=1S/C24H25N3O5/c1-3-5-12-31-21-11-10-16(13-22(21)30-4-2)24(29)32-15-20(28)17(14-25)23-26-18-8-6-7-9-19(18)27-23/h6-11,13,28H,3-5,12,15H2,1-2H3,(H,26,27)/b20-17-. The summed E-state index contributed by atoms with van der Waals surface area (Å²) >= 11 is 0. The molecule has 0 saturated heterocycles. The fourth-order valence-corrected chi connectivity index (χ4v) is 2.96. The van der Waals surface area contributed by atoms with Gasteiger partial charge in [0.1, 0.15) is 18.2 Å². The first-order valence-corrected chi connectivity index (χ1v) is 10.4. The average Bonchev–Trinajstić information content (AvgIpc) is 3.23. The first-order chi connectivity index (χ1) is 15.6. The summed E-state index contributed by atoms with van der Waals surface area (Å²) in [7, 11) is 0. The topological polar surface area (TPSA) is 117 Å². The molecular formula is C24H25N3O5. The van der Waals surface area contributed by atoms with Gasteiger partial charge in [-0.15, -0.1) is 0 Å². The van der Waals surface area contributed by atoms with Crippen LogP contribution in [0, 0.1) is 11.3 Å². The summed E-state index contributed by atoms with van der Waals surface area (Å²) in [4.78, 5) is 19.8. The Bertz CT molecular complexity index is 1130. The molecule has 0 saturated carbocycles. The maximum atomic E-state index is 12.5. The van der Waals surface area contributed by atoms with E-state index in [0.29, 0.717) is 30.2 Å². The molecule has 0 spiro atoms. The monoisotopic (exact) mass is 435 g/mol. The van der Waals surface area contributed by atoms with Gasteiger partial charge in [-0.05, 0) is 43.7 Å². The third kappa shape index (κ3) is 5.38. The number of ether oxygens (including phenoxy) is 3.